The molecule has 0 amide bonds. The number of rotatable bonds is 4. The summed E-state index contributed by atoms with van der Waals surface area (Å²) in [6.07, 6.45) is 3.65. The monoisotopic (exact) mass is 256 g/mol. The minimum Gasteiger partial charge on any atom is -0.305 e. The zero-order valence-corrected chi connectivity index (χ0v) is 11.7. The number of nitrogens with zero attached hydrogens (tertiary/aromatic N) is 1. The minimum atomic E-state index is 0.181. The van der Waals surface area contributed by atoms with Crippen LogP contribution in [0.4, 0.5) is 0 Å². The first-order valence-corrected chi connectivity index (χ1v) is 8.06. The molecule has 1 fully saturated rings. The Bertz CT molecular complexity index is 330. The maximum atomic E-state index is 4.71. The molecule has 2 nitrogen and oxygen atoms in total. The lowest BCUT2D eigenvalue weighted by Crippen LogP contribution is -2.45. The van der Waals surface area contributed by atoms with Gasteiger partial charge in [0, 0.05) is 11.1 Å². The first kappa shape index (κ1) is 12.4. The first-order valence-electron chi connectivity index (χ1n) is 6.02. The van der Waals surface area contributed by atoms with Gasteiger partial charge in [-0.1, -0.05) is 6.92 Å². The van der Waals surface area contributed by atoms with Crippen LogP contribution in [0.15, 0.2) is 5.38 Å². The van der Waals surface area contributed by atoms with E-state index in [0.29, 0.717) is 0 Å². The van der Waals surface area contributed by atoms with Gasteiger partial charge in [0.25, 0.3) is 0 Å². The molecule has 0 radical (unpaired) electrons. The highest BCUT2D eigenvalue weighted by atomic mass is 32.2. The van der Waals surface area contributed by atoms with Gasteiger partial charge in [-0.3, -0.25) is 0 Å². The van der Waals surface area contributed by atoms with Crippen molar-refractivity contribution in [3.05, 3.63) is 16.1 Å². The molecule has 4 heteroatoms. The summed E-state index contributed by atoms with van der Waals surface area (Å²) in [7, 11) is 0. The third-order valence-electron chi connectivity index (χ3n) is 3.09. The molecule has 1 aliphatic rings. The van der Waals surface area contributed by atoms with E-state index >= 15 is 0 Å². The molecule has 0 saturated carbocycles. The lowest BCUT2D eigenvalue weighted by Gasteiger charge is -2.36. The summed E-state index contributed by atoms with van der Waals surface area (Å²) in [6, 6.07) is 0. The van der Waals surface area contributed by atoms with Gasteiger partial charge in [-0.15, -0.1) is 11.3 Å². The van der Waals surface area contributed by atoms with Crippen LogP contribution in [0.5, 0.6) is 0 Å². The van der Waals surface area contributed by atoms with Crippen molar-refractivity contribution >= 4 is 23.1 Å². The van der Waals surface area contributed by atoms with Crippen LogP contribution < -0.4 is 5.32 Å². The van der Waals surface area contributed by atoms with Crippen molar-refractivity contribution in [3.63, 3.8) is 0 Å². The molecule has 0 unspecified atom stereocenters. The van der Waals surface area contributed by atoms with Crippen molar-refractivity contribution in [1.29, 1.82) is 0 Å². The van der Waals surface area contributed by atoms with Crippen molar-refractivity contribution in [2.45, 2.75) is 38.6 Å². The van der Waals surface area contributed by atoms with Crippen LogP contribution in [-0.2, 0) is 5.54 Å². The van der Waals surface area contributed by atoms with Crippen molar-refractivity contribution in [1.82, 2.24) is 10.3 Å². The number of thiazole rings is 1. The smallest absolute Gasteiger partial charge is 0.113 e. The fraction of sp³-hybridized carbons (Fsp3) is 0.750. The molecule has 0 aromatic carbocycles. The molecule has 0 bridgehead atoms. The summed E-state index contributed by atoms with van der Waals surface area (Å²) < 4.78 is 0. The topological polar surface area (TPSA) is 24.9 Å². The van der Waals surface area contributed by atoms with Gasteiger partial charge < -0.3 is 5.32 Å². The molecular formula is C12H20N2S2. The van der Waals surface area contributed by atoms with Gasteiger partial charge in [-0.25, -0.2) is 4.98 Å². The van der Waals surface area contributed by atoms with Crippen molar-refractivity contribution < 1.29 is 0 Å². The van der Waals surface area contributed by atoms with E-state index in [4.69, 9.17) is 4.98 Å². The molecule has 16 heavy (non-hydrogen) atoms. The fourth-order valence-electron chi connectivity index (χ4n) is 2.12. The van der Waals surface area contributed by atoms with Gasteiger partial charge in [0.15, 0.2) is 0 Å². The van der Waals surface area contributed by atoms with Gasteiger partial charge in [0.2, 0.25) is 0 Å². The van der Waals surface area contributed by atoms with E-state index in [9.17, 15) is 0 Å². The molecule has 1 saturated heterocycles. The summed E-state index contributed by atoms with van der Waals surface area (Å²) in [5, 5.41) is 7.23. The Morgan fingerprint density at radius 2 is 2.19 bits per heavy atom. The minimum absolute atomic E-state index is 0.181. The van der Waals surface area contributed by atoms with Gasteiger partial charge in [0.05, 0.1) is 5.54 Å². The number of hydrogen-bond acceptors (Lipinski definition) is 4. The Balaban J connectivity index is 2.18. The molecule has 1 aromatic rings. The molecule has 0 spiro atoms. The summed E-state index contributed by atoms with van der Waals surface area (Å²) >= 11 is 3.89. The lowest BCUT2D eigenvalue weighted by atomic mass is 9.92. The first-order chi connectivity index (χ1) is 7.77. The lowest BCUT2D eigenvalue weighted by molar-refractivity contribution is 0.306. The summed E-state index contributed by atoms with van der Waals surface area (Å²) in [5.74, 6) is 2.52. The van der Waals surface area contributed by atoms with E-state index < -0.39 is 0 Å². The normalized spacial score (nSPS) is 19.9. The van der Waals surface area contributed by atoms with Gasteiger partial charge in [-0.05, 0) is 44.2 Å². The third kappa shape index (κ3) is 2.60. The predicted octanol–water partition coefficient (Wildman–Crippen LogP) is 3.17. The zero-order chi connectivity index (χ0) is 11.4. The fourth-order valence-corrected chi connectivity index (χ4v) is 4.35. The Labute approximate surface area is 106 Å². The molecule has 2 heterocycles. The van der Waals surface area contributed by atoms with Crippen LogP contribution >= 0.6 is 23.1 Å². The maximum absolute atomic E-state index is 4.71. The van der Waals surface area contributed by atoms with Crippen LogP contribution in [0.1, 0.15) is 36.9 Å². The van der Waals surface area contributed by atoms with Gasteiger partial charge in [-0.2, -0.15) is 11.8 Å². The van der Waals surface area contributed by atoms with Crippen LogP contribution in [0.3, 0.4) is 0 Å². The van der Waals surface area contributed by atoms with E-state index in [-0.39, 0.29) is 5.54 Å². The number of nitrogens with one attached hydrogen (secondary N) is 1. The summed E-state index contributed by atoms with van der Waals surface area (Å²) in [4.78, 5) is 4.71. The standard InChI is InChI=1S/C12H20N2S2/c1-3-6-13-12(4-7-15-8-5-12)11-14-10(2)9-16-11/h9,13H,3-8H2,1-2H3. The Morgan fingerprint density at radius 3 is 2.75 bits per heavy atom. The molecule has 2 rings (SSSR count). The highest BCUT2D eigenvalue weighted by Gasteiger charge is 2.35. The molecule has 0 aliphatic carbocycles. The van der Waals surface area contributed by atoms with Crippen LogP contribution in [-0.4, -0.2) is 23.0 Å². The molecule has 1 aliphatic heterocycles. The highest BCUT2D eigenvalue weighted by Crippen LogP contribution is 2.37. The Hall–Kier alpha value is -0.0600. The summed E-state index contributed by atoms with van der Waals surface area (Å²) in [5.41, 5.74) is 1.34. The van der Waals surface area contributed by atoms with Crippen molar-refractivity contribution in [2.75, 3.05) is 18.1 Å². The second-order valence-electron chi connectivity index (χ2n) is 4.42. The molecule has 1 aromatic heterocycles. The van der Waals surface area contributed by atoms with Crippen molar-refractivity contribution in [3.8, 4) is 0 Å². The van der Waals surface area contributed by atoms with E-state index in [1.807, 2.05) is 11.3 Å². The van der Waals surface area contributed by atoms with Gasteiger partial charge in [0.1, 0.15) is 5.01 Å². The van der Waals surface area contributed by atoms with E-state index in [2.05, 4.69) is 36.3 Å². The number of thioether (sulfide) groups is 1. The Morgan fingerprint density at radius 1 is 1.44 bits per heavy atom. The van der Waals surface area contributed by atoms with Crippen LogP contribution in [0.2, 0.25) is 0 Å². The average Bonchev–Trinajstić information content (AvgIpc) is 2.75. The quantitative estimate of drug-likeness (QED) is 0.895. The van der Waals surface area contributed by atoms with E-state index in [1.165, 1.54) is 35.8 Å². The second-order valence-corrected chi connectivity index (χ2v) is 6.50. The highest BCUT2D eigenvalue weighted by molar-refractivity contribution is 7.99. The van der Waals surface area contributed by atoms with Crippen molar-refractivity contribution in [2.24, 2.45) is 0 Å². The molecule has 90 valence electrons. The summed E-state index contributed by atoms with van der Waals surface area (Å²) in [6.45, 7) is 5.42. The zero-order valence-electron chi connectivity index (χ0n) is 10.1. The number of aryl methyl sites for hydroxylation is 1. The maximum Gasteiger partial charge on any atom is 0.113 e. The molecule has 1 N–H and O–H groups in total. The number of aromatic nitrogens is 1. The largest absolute Gasteiger partial charge is 0.305 e. The average molecular weight is 256 g/mol. The predicted molar refractivity (Wildman–Crippen MR) is 73.4 cm³/mol. The van der Waals surface area contributed by atoms with E-state index in [1.54, 1.807) is 0 Å². The van der Waals surface area contributed by atoms with E-state index in [0.717, 1.165) is 12.2 Å². The second kappa shape index (κ2) is 5.52. The third-order valence-corrected chi connectivity index (χ3v) is 5.24. The Kier molecular flexibility index (Phi) is 4.27. The molecular weight excluding hydrogens is 236 g/mol. The van der Waals surface area contributed by atoms with Crippen LogP contribution in [0.25, 0.3) is 0 Å². The molecule has 0 atom stereocenters. The van der Waals surface area contributed by atoms with Crippen LogP contribution in [0, 0.1) is 6.92 Å². The SMILES string of the molecule is CCCNC1(c2nc(C)cs2)CCSCC1. The number of hydrogen-bond donors (Lipinski definition) is 1. The van der Waals surface area contributed by atoms with Gasteiger partial charge >= 0.3 is 0 Å².